The monoisotopic (exact) mass is 524 g/mol. The molecule has 3 aliphatic rings. The van der Waals surface area contributed by atoms with Gasteiger partial charge in [-0.3, -0.25) is 28.8 Å². The van der Waals surface area contributed by atoms with Gasteiger partial charge < -0.3 is 9.64 Å². The lowest BCUT2D eigenvalue weighted by molar-refractivity contribution is -0.163. The molecule has 0 radical (unpaired) electrons. The van der Waals surface area contributed by atoms with Crippen molar-refractivity contribution in [1.82, 2.24) is 19.4 Å². The number of carbonyl (C=O) groups excluding carboxylic acids is 3. The number of nitrogens with zero attached hydrogens (tertiary/aromatic N) is 3. The number of aryl methyl sites for hydroxylation is 2. The number of esters is 1. The molecule has 1 aromatic carbocycles. The number of benzene rings is 1. The van der Waals surface area contributed by atoms with Gasteiger partial charge in [-0.15, -0.1) is 0 Å². The first-order valence-corrected chi connectivity index (χ1v) is 13.9. The van der Waals surface area contributed by atoms with Crippen molar-refractivity contribution < 1.29 is 19.1 Å². The van der Waals surface area contributed by atoms with Crippen LogP contribution in [-0.4, -0.2) is 57.1 Å². The number of fused-ring (bicyclic) bond motifs is 1. The number of hydrogen-bond acceptors (Lipinski definition) is 6. The maximum absolute atomic E-state index is 13.1. The molecule has 1 atom stereocenters. The van der Waals surface area contributed by atoms with E-state index in [1.54, 1.807) is 16.2 Å². The molecule has 1 unspecified atom stereocenters. The average Bonchev–Trinajstić information content (AvgIpc) is 3.08. The largest absolute Gasteiger partial charge is 0.460 e. The maximum atomic E-state index is 13.1. The highest BCUT2D eigenvalue weighted by molar-refractivity contribution is 6.00. The van der Waals surface area contributed by atoms with E-state index in [1.807, 2.05) is 32.9 Å². The van der Waals surface area contributed by atoms with Crippen LogP contribution in [0.15, 0.2) is 23.0 Å². The zero-order valence-corrected chi connectivity index (χ0v) is 23.0. The van der Waals surface area contributed by atoms with E-state index >= 15 is 0 Å². The summed E-state index contributed by atoms with van der Waals surface area (Å²) in [7, 11) is 1.75. The van der Waals surface area contributed by atoms with Crippen molar-refractivity contribution in [3.8, 4) is 0 Å². The van der Waals surface area contributed by atoms with Crippen molar-refractivity contribution in [2.75, 3.05) is 19.6 Å². The molecule has 2 amide bonds. The number of imidazole rings is 1. The van der Waals surface area contributed by atoms with Crippen molar-refractivity contribution in [3.63, 3.8) is 0 Å². The normalized spacial score (nSPS) is 22.5. The van der Waals surface area contributed by atoms with Crippen LogP contribution < -0.4 is 11.0 Å². The molecule has 1 N–H and O–H groups in total. The molecule has 3 heterocycles. The molecule has 0 bridgehead atoms. The van der Waals surface area contributed by atoms with Crippen LogP contribution in [0.25, 0.3) is 11.0 Å². The highest BCUT2D eigenvalue weighted by Crippen LogP contribution is 2.46. The Kier molecular flexibility index (Phi) is 7.00. The van der Waals surface area contributed by atoms with Gasteiger partial charge in [0, 0.05) is 26.6 Å². The third-order valence-corrected chi connectivity index (χ3v) is 8.53. The van der Waals surface area contributed by atoms with Crippen LogP contribution in [0.3, 0.4) is 0 Å². The van der Waals surface area contributed by atoms with Crippen LogP contribution >= 0.6 is 0 Å². The van der Waals surface area contributed by atoms with E-state index in [1.165, 1.54) is 0 Å². The van der Waals surface area contributed by atoms with Crippen LogP contribution in [0.5, 0.6) is 0 Å². The smallest absolute Gasteiger partial charge is 0.329 e. The van der Waals surface area contributed by atoms with Crippen LogP contribution in [0.2, 0.25) is 0 Å². The standard InChI is InChI=1S/C29H40N4O5/c1-28(2,3)38-26(36)20-12-14-29(15-13-20)17-32(18-29)16-6-8-19-7-5-9-21-24(19)31(4)27(37)33(21)22-10-11-23(34)30-25(22)35/h5,7,9,20,22H,6,8,10-18H2,1-4H3,(H,30,34,35). The van der Waals surface area contributed by atoms with Gasteiger partial charge in [0.05, 0.1) is 17.0 Å². The second-order valence-corrected chi connectivity index (χ2v) is 12.6. The molecule has 9 heteroatoms. The second kappa shape index (κ2) is 9.98. The van der Waals surface area contributed by atoms with Gasteiger partial charge in [0.15, 0.2) is 0 Å². The summed E-state index contributed by atoms with van der Waals surface area (Å²) in [5.74, 6) is -0.704. The zero-order valence-electron chi connectivity index (χ0n) is 23.0. The molecule has 2 aromatic rings. The minimum atomic E-state index is -0.665. The lowest BCUT2D eigenvalue weighted by atomic mass is 9.66. The SMILES string of the molecule is Cn1c(=O)n(C2CCC(=O)NC2=O)c2cccc(CCCN3CC4(CCC(C(=O)OC(C)(C)C)CC4)C3)c21. The summed E-state index contributed by atoms with van der Waals surface area (Å²) in [5, 5.41) is 2.37. The van der Waals surface area contributed by atoms with E-state index in [-0.39, 0.29) is 29.9 Å². The number of hydrogen-bond donors (Lipinski definition) is 1. The minimum Gasteiger partial charge on any atom is -0.460 e. The number of para-hydroxylation sites is 1. The summed E-state index contributed by atoms with van der Waals surface area (Å²) < 4.78 is 8.78. The summed E-state index contributed by atoms with van der Waals surface area (Å²) in [6.07, 6.45) is 6.40. The predicted molar refractivity (Wildman–Crippen MR) is 144 cm³/mol. The van der Waals surface area contributed by atoms with Crippen molar-refractivity contribution in [2.24, 2.45) is 18.4 Å². The summed E-state index contributed by atoms with van der Waals surface area (Å²) in [4.78, 5) is 52.2. The predicted octanol–water partition coefficient (Wildman–Crippen LogP) is 3.08. The highest BCUT2D eigenvalue weighted by Gasteiger charge is 2.46. The van der Waals surface area contributed by atoms with Gasteiger partial charge in [0.1, 0.15) is 11.6 Å². The van der Waals surface area contributed by atoms with Gasteiger partial charge in [0.25, 0.3) is 0 Å². The van der Waals surface area contributed by atoms with Gasteiger partial charge in [-0.05, 0) is 89.3 Å². The first-order chi connectivity index (χ1) is 18.0. The Bertz CT molecular complexity index is 1300. The molecule has 1 aromatic heterocycles. The molecule has 5 rings (SSSR count). The van der Waals surface area contributed by atoms with E-state index in [0.717, 1.165) is 74.8 Å². The number of piperidine rings is 1. The van der Waals surface area contributed by atoms with Gasteiger partial charge in [-0.25, -0.2) is 4.79 Å². The van der Waals surface area contributed by atoms with Crippen molar-refractivity contribution in [3.05, 3.63) is 34.2 Å². The number of amides is 2. The number of carbonyl (C=O) groups is 3. The van der Waals surface area contributed by atoms with E-state index in [9.17, 15) is 19.2 Å². The Morgan fingerprint density at radius 3 is 2.47 bits per heavy atom. The number of ether oxygens (including phenoxy) is 1. The lowest BCUT2D eigenvalue weighted by Crippen LogP contribution is -2.58. The third kappa shape index (κ3) is 5.17. The number of likely N-dealkylation sites (tertiary alicyclic amines) is 1. The summed E-state index contributed by atoms with van der Waals surface area (Å²) in [6, 6.07) is 5.23. The fourth-order valence-electron chi connectivity index (χ4n) is 6.67. The Labute approximate surface area is 223 Å². The lowest BCUT2D eigenvalue weighted by Gasteiger charge is -2.53. The molecular weight excluding hydrogens is 484 g/mol. The van der Waals surface area contributed by atoms with E-state index in [0.29, 0.717) is 11.8 Å². The van der Waals surface area contributed by atoms with E-state index in [4.69, 9.17) is 4.74 Å². The Balaban J connectivity index is 1.17. The molecule has 206 valence electrons. The van der Waals surface area contributed by atoms with Crippen molar-refractivity contribution >= 4 is 28.8 Å². The summed E-state index contributed by atoms with van der Waals surface area (Å²) in [6.45, 7) is 8.94. The molecular formula is C29H40N4O5. The third-order valence-electron chi connectivity index (χ3n) is 8.53. The van der Waals surface area contributed by atoms with Crippen LogP contribution in [0.1, 0.15) is 77.3 Å². The fourth-order valence-corrected chi connectivity index (χ4v) is 6.67. The van der Waals surface area contributed by atoms with Crippen LogP contribution in [0.4, 0.5) is 0 Å². The molecule has 3 fully saturated rings. The average molecular weight is 525 g/mol. The number of aromatic nitrogens is 2. The molecule has 1 aliphatic carbocycles. The quantitative estimate of drug-likeness (QED) is 0.460. The summed E-state index contributed by atoms with van der Waals surface area (Å²) >= 11 is 0. The van der Waals surface area contributed by atoms with E-state index < -0.39 is 17.6 Å². The van der Waals surface area contributed by atoms with Crippen molar-refractivity contribution in [1.29, 1.82) is 0 Å². The van der Waals surface area contributed by atoms with Crippen LogP contribution in [-0.2, 0) is 32.6 Å². The Morgan fingerprint density at radius 1 is 1.11 bits per heavy atom. The highest BCUT2D eigenvalue weighted by atomic mass is 16.6. The maximum Gasteiger partial charge on any atom is 0.329 e. The molecule has 1 spiro atoms. The van der Waals surface area contributed by atoms with Crippen LogP contribution in [0, 0.1) is 11.3 Å². The topological polar surface area (TPSA) is 103 Å². The molecule has 2 aliphatic heterocycles. The van der Waals surface area contributed by atoms with Gasteiger partial charge >= 0.3 is 11.7 Å². The number of rotatable bonds is 6. The molecule has 1 saturated carbocycles. The Hall–Kier alpha value is -2.94. The van der Waals surface area contributed by atoms with Gasteiger partial charge in [-0.1, -0.05) is 12.1 Å². The summed E-state index contributed by atoms with van der Waals surface area (Å²) in [5.41, 5.74) is 2.40. The zero-order chi connectivity index (χ0) is 27.2. The van der Waals surface area contributed by atoms with E-state index in [2.05, 4.69) is 16.3 Å². The van der Waals surface area contributed by atoms with Crippen molar-refractivity contribution in [2.45, 2.75) is 83.8 Å². The second-order valence-electron chi connectivity index (χ2n) is 12.6. The number of nitrogens with one attached hydrogen (secondary N) is 1. The fraction of sp³-hybridized carbons (Fsp3) is 0.655. The number of imide groups is 1. The Morgan fingerprint density at radius 2 is 1.82 bits per heavy atom. The molecule has 38 heavy (non-hydrogen) atoms. The molecule has 9 nitrogen and oxygen atoms in total. The molecule has 2 saturated heterocycles. The minimum absolute atomic E-state index is 0.0357. The first-order valence-electron chi connectivity index (χ1n) is 13.9. The van der Waals surface area contributed by atoms with Gasteiger partial charge in [-0.2, -0.15) is 0 Å². The first kappa shape index (κ1) is 26.7. The van der Waals surface area contributed by atoms with Gasteiger partial charge in [0.2, 0.25) is 11.8 Å².